The molecule has 4 rings (SSSR count). The molecule has 2 nitrogen and oxygen atoms in total. The zero-order valence-electron chi connectivity index (χ0n) is 7.63. The minimum atomic E-state index is 0.847. The van der Waals surface area contributed by atoms with Crippen molar-refractivity contribution in [2.45, 2.75) is 37.8 Å². The number of nitrogens with one attached hydrogen (secondary N) is 1. The second-order valence-corrected chi connectivity index (χ2v) is 4.69. The Bertz CT molecular complexity index is 167. The minimum absolute atomic E-state index is 0.847. The van der Waals surface area contributed by atoms with Gasteiger partial charge in [0.05, 0.1) is 0 Å². The van der Waals surface area contributed by atoms with Crippen molar-refractivity contribution in [3.8, 4) is 0 Å². The predicted octanol–water partition coefficient (Wildman–Crippen LogP) is 0.833. The highest BCUT2D eigenvalue weighted by Gasteiger charge is 2.36. The standard InChI is InChI=1S/C10H18N2/c1-2-9(1)11-10-7-12-5-3-8(10)4-6-12/h8-11H,1-7H2. The van der Waals surface area contributed by atoms with Crippen LogP contribution in [0, 0.1) is 5.92 Å². The van der Waals surface area contributed by atoms with E-state index in [0.29, 0.717) is 0 Å². The highest BCUT2D eigenvalue weighted by Crippen LogP contribution is 2.30. The van der Waals surface area contributed by atoms with Crippen LogP contribution in [0.4, 0.5) is 0 Å². The smallest absolute Gasteiger partial charge is 0.0226 e. The topological polar surface area (TPSA) is 15.3 Å². The van der Waals surface area contributed by atoms with Crippen LogP contribution in [0.1, 0.15) is 25.7 Å². The normalized spacial score (nSPS) is 46.5. The van der Waals surface area contributed by atoms with Crippen LogP contribution in [0.3, 0.4) is 0 Å². The van der Waals surface area contributed by atoms with Crippen molar-refractivity contribution in [1.82, 2.24) is 10.2 Å². The maximum absolute atomic E-state index is 3.78. The molecule has 1 atom stereocenters. The van der Waals surface area contributed by atoms with E-state index in [1.54, 1.807) is 0 Å². The lowest BCUT2D eigenvalue weighted by Gasteiger charge is -2.45. The molecule has 0 amide bonds. The van der Waals surface area contributed by atoms with Gasteiger partial charge in [-0.05, 0) is 44.7 Å². The van der Waals surface area contributed by atoms with Gasteiger partial charge in [-0.25, -0.2) is 0 Å². The van der Waals surface area contributed by atoms with Gasteiger partial charge in [-0.1, -0.05) is 0 Å². The average molecular weight is 166 g/mol. The molecule has 0 radical (unpaired) electrons. The Hall–Kier alpha value is -0.0800. The maximum atomic E-state index is 3.78. The lowest BCUT2D eigenvalue weighted by molar-refractivity contribution is 0.0719. The van der Waals surface area contributed by atoms with Crippen LogP contribution in [-0.4, -0.2) is 36.6 Å². The molecule has 1 aliphatic carbocycles. The minimum Gasteiger partial charge on any atom is -0.310 e. The zero-order valence-corrected chi connectivity index (χ0v) is 7.63. The van der Waals surface area contributed by atoms with Crippen molar-refractivity contribution < 1.29 is 0 Å². The molecule has 1 saturated carbocycles. The van der Waals surface area contributed by atoms with Gasteiger partial charge in [0.1, 0.15) is 0 Å². The molecule has 0 aromatic rings. The molecule has 2 bridgehead atoms. The molecule has 4 fully saturated rings. The Labute approximate surface area is 74.3 Å². The molecule has 1 N–H and O–H groups in total. The largest absolute Gasteiger partial charge is 0.310 e. The van der Waals surface area contributed by atoms with Gasteiger partial charge in [0.15, 0.2) is 0 Å². The molecule has 12 heavy (non-hydrogen) atoms. The first kappa shape index (κ1) is 7.34. The molecule has 3 heterocycles. The summed E-state index contributed by atoms with van der Waals surface area (Å²) in [6, 6.07) is 1.75. The maximum Gasteiger partial charge on any atom is 0.0226 e. The first-order valence-corrected chi connectivity index (χ1v) is 5.40. The molecule has 0 spiro atoms. The summed E-state index contributed by atoms with van der Waals surface area (Å²) in [7, 11) is 0. The van der Waals surface area contributed by atoms with Crippen molar-refractivity contribution in [3.05, 3.63) is 0 Å². The van der Waals surface area contributed by atoms with Crippen molar-refractivity contribution in [2.75, 3.05) is 19.6 Å². The fourth-order valence-corrected chi connectivity index (χ4v) is 2.71. The molecule has 3 saturated heterocycles. The number of hydrogen-bond acceptors (Lipinski definition) is 2. The van der Waals surface area contributed by atoms with Gasteiger partial charge in [-0.3, -0.25) is 0 Å². The Morgan fingerprint density at radius 1 is 1.00 bits per heavy atom. The molecule has 0 aromatic carbocycles. The van der Waals surface area contributed by atoms with Crippen LogP contribution >= 0.6 is 0 Å². The van der Waals surface area contributed by atoms with Gasteiger partial charge >= 0.3 is 0 Å². The summed E-state index contributed by atoms with van der Waals surface area (Å²) in [6.07, 6.45) is 5.77. The summed E-state index contributed by atoms with van der Waals surface area (Å²) in [5, 5.41) is 3.78. The fourth-order valence-electron chi connectivity index (χ4n) is 2.71. The van der Waals surface area contributed by atoms with Crippen LogP contribution in [0.25, 0.3) is 0 Å². The number of fused-ring (bicyclic) bond motifs is 3. The lowest BCUT2D eigenvalue weighted by Crippen LogP contribution is -2.56. The Kier molecular flexibility index (Phi) is 1.66. The highest BCUT2D eigenvalue weighted by atomic mass is 15.2. The quantitative estimate of drug-likeness (QED) is 0.654. The van der Waals surface area contributed by atoms with E-state index < -0.39 is 0 Å². The number of hydrogen-bond donors (Lipinski definition) is 1. The molecule has 1 unspecified atom stereocenters. The third-order valence-electron chi connectivity index (χ3n) is 3.68. The third-order valence-corrected chi connectivity index (χ3v) is 3.68. The van der Waals surface area contributed by atoms with Crippen molar-refractivity contribution in [1.29, 1.82) is 0 Å². The van der Waals surface area contributed by atoms with E-state index in [-0.39, 0.29) is 0 Å². The van der Waals surface area contributed by atoms with E-state index in [4.69, 9.17) is 0 Å². The summed E-state index contributed by atoms with van der Waals surface area (Å²) in [5.41, 5.74) is 0. The van der Waals surface area contributed by atoms with Crippen molar-refractivity contribution in [3.63, 3.8) is 0 Å². The zero-order chi connectivity index (χ0) is 7.97. The number of nitrogens with zero attached hydrogens (tertiary/aromatic N) is 1. The first-order valence-electron chi connectivity index (χ1n) is 5.40. The van der Waals surface area contributed by atoms with Gasteiger partial charge in [0.2, 0.25) is 0 Å². The van der Waals surface area contributed by atoms with E-state index in [2.05, 4.69) is 10.2 Å². The summed E-state index contributed by atoms with van der Waals surface area (Å²) in [5.74, 6) is 1.01. The summed E-state index contributed by atoms with van der Waals surface area (Å²) in [4.78, 5) is 2.63. The van der Waals surface area contributed by atoms with Crippen LogP contribution in [0.5, 0.6) is 0 Å². The number of piperidine rings is 3. The molecule has 2 heteroatoms. The first-order chi connectivity index (χ1) is 5.92. The van der Waals surface area contributed by atoms with Crippen LogP contribution in [0.2, 0.25) is 0 Å². The van der Waals surface area contributed by atoms with Crippen LogP contribution < -0.4 is 5.32 Å². The lowest BCUT2D eigenvalue weighted by atomic mass is 9.84. The van der Waals surface area contributed by atoms with E-state index in [0.717, 1.165) is 18.0 Å². The summed E-state index contributed by atoms with van der Waals surface area (Å²) < 4.78 is 0. The van der Waals surface area contributed by atoms with E-state index >= 15 is 0 Å². The van der Waals surface area contributed by atoms with Gasteiger partial charge in [-0.15, -0.1) is 0 Å². The van der Waals surface area contributed by atoms with Crippen molar-refractivity contribution in [2.24, 2.45) is 5.92 Å². The van der Waals surface area contributed by atoms with Crippen molar-refractivity contribution >= 4 is 0 Å². The van der Waals surface area contributed by atoms with Gasteiger partial charge < -0.3 is 10.2 Å². The molecule has 0 aromatic heterocycles. The monoisotopic (exact) mass is 166 g/mol. The van der Waals surface area contributed by atoms with E-state index in [1.807, 2.05) is 0 Å². The van der Waals surface area contributed by atoms with Crippen LogP contribution in [0.15, 0.2) is 0 Å². The second kappa shape index (κ2) is 2.71. The van der Waals surface area contributed by atoms with E-state index in [1.165, 1.54) is 45.3 Å². The van der Waals surface area contributed by atoms with Gasteiger partial charge in [0, 0.05) is 18.6 Å². The Morgan fingerprint density at radius 2 is 1.75 bits per heavy atom. The summed E-state index contributed by atoms with van der Waals surface area (Å²) >= 11 is 0. The highest BCUT2D eigenvalue weighted by molar-refractivity contribution is 4.95. The van der Waals surface area contributed by atoms with E-state index in [9.17, 15) is 0 Å². The SMILES string of the molecule is C1CC1NC1CN2CCC1CC2. The molecule has 68 valence electrons. The Balaban J connectivity index is 1.62. The molecule has 4 aliphatic rings. The second-order valence-electron chi connectivity index (χ2n) is 4.69. The third kappa shape index (κ3) is 1.27. The number of rotatable bonds is 2. The molecular weight excluding hydrogens is 148 g/mol. The average Bonchev–Trinajstić information content (AvgIpc) is 2.90. The predicted molar refractivity (Wildman–Crippen MR) is 49.1 cm³/mol. The van der Waals surface area contributed by atoms with Crippen LogP contribution in [-0.2, 0) is 0 Å². The fraction of sp³-hybridized carbons (Fsp3) is 1.00. The Morgan fingerprint density at radius 3 is 2.25 bits per heavy atom. The molecule has 3 aliphatic heterocycles. The molecular formula is C10H18N2. The summed E-state index contributed by atoms with van der Waals surface area (Å²) in [6.45, 7) is 4.07. The van der Waals surface area contributed by atoms with Gasteiger partial charge in [-0.2, -0.15) is 0 Å². The van der Waals surface area contributed by atoms with Gasteiger partial charge in [0.25, 0.3) is 0 Å².